The van der Waals surface area contributed by atoms with Gasteiger partial charge in [-0.15, -0.1) is 0 Å². The molecule has 3 heterocycles. The third-order valence-electron chi connectivity index (χ3n) is 4.41. The molecule has 0 unspecified atom stereocenters. The second-order valence-corrected chi connectivity index (χ2v) is 7.72. The van der Waals surface area contributed by atoms with Crippen molar-refractivity contribution >= 4 is 39.3 Å². The molecule has 3 aromatic rings. The normalized spacial score (nSPS) is 14.7. The Kier molecular flexibility index (Phi) is 5.29. The van der Waals surface area contributed by atoms with Gasteiger partial charge in [-0.2, -0.15) is 9.61 Å². The average Bonchev–Trinajstić information content (AvgIpc) is 3.11. The van der Waals surface area contributed by atoms with Crippen LogP contribution in [0.4, 0.5) is 11.4 Å². The summed E-state index contributed by atoms with van der Waals surface area (Å²) in [6, 6.07) is 7.33. The first kappa shape index (κ1) is 18.2. The minimum Gasteiger partial charge on any atom is -0.378 e. The summed E-state index contributed by atoms with van der Waals surface area (Å²) in [6.07, 6.45) is 0.784. The van der Waals surface area contributed by atoms with Crippen LogP contribution >= 0.6 is 22.9 Å². The van der Waals surface area contributed by atoms with Gasteiger partial charge in [-0.05, 0) is 24.6 Å². The van der Waals surface area contributed by atoms with Crippen molar-refractivity contribution in [1.29, 1.82) is 0 Å². The zero-order valence-electron chi connectivity index (χ0n) is 14.9. The Morgan fingerprint density at radius 1 is 1.30 bits per heavy atom. The molecule has 0 amide bonds. The first-order valence-electron chi connectivity index (χ1n) is 8.89. The van der Waals surface area contributed by atoms with Gasteiger partial charge in [0, 0.05) is 24.2 Å². The quantitative estimate of drug-likeness (QED) is 0.703. The number of nitrogens with zero attached hydrogens (tertiary/aromatic N) is 4. The zero-order valence-corrected chi connectivity index (χ0v) is 16.5. The standard InChI is InChI=1S/C18H20ClN5O2S/c1-2-16-22-24-17(25)10-13(21-18(24)27-16)11-20-14-9-12(19)3-4-15(14)23-5-7-26-8-6-23/h3-4,9-10,20H,2,5-8,11H2,1H3. The fourth-order valence-electron chi connectivity index (χ4n) is 3.04. The Bertz CT molecular complexity index is 1010. The number of hydrogen-bond acceptors (Lipinski definition) is 7. The highest BCUT2D eigenvalue weighted by Gasteiger charge is 2.15. The molecule has 1 aliphatic rings. The monoisotopic (exact) mass is 405 g/mol. The molecular weight excluding hydrogens is 386 g/mol. The Balaban J connectivity index is 1.59. The topological polar surface area (TPSA) is 71.8 Å². The van der Waals surface area contributed by atoms with Crippen LogP contribution in [0, 0.1) is 0 Å². The van der Waals surface area contributed by atoms with E-state index in [2.05, 4.69) is 20.3 Å². The van der Waals surface area contributed by atoms with Gasteiger partial charge >= 0.3 is 0 Å². The molecule has 0 aliphatic carbocycles. The molecule has 4 rings (SSSR count). The summed E-state index contributed by atoms with van der Waals surface area (Å²) in [7, 11) is 0. The number of rotatable bonds is 5. The second-order valence-electron chi connectivity index (χ2n) is 6.24. The Labute approximate surface area is 165 Å². The van der Waals surface area contributed by atoms with Crippen molar-refractivity contribution in [3.05, 3.63) is 50.3 Å². The molecule has 9 heteroatoms. The molecule has 1 N–H and O–H groups in total. The third kappa shape index (κ3) is 3.92. The highest BCUT2D eigenvalue weighted by molar-refractivity contribution is 7.16. The number of halogens is 1. The minimum absolute atomic E-state index is 0.160. The summed E-state index contributed by atoms with van der Waals surface area (Å²) in [5.74, 6) is 0. The number of morpholine rings is 1. The van der Waals surface area contributed by atoms with Crippen LogP contribution < -0.4 is 15.8 Å². The third-order valence-corrected chi connectivity index (χ3v) is 5.70. The summed E-state index contributed by atoms with van der Waals surface area (Å²) in [4.78, 5) is 19.8. The molecule has 142 valence electrons. The first-order valence-corrected chi connectivity index (χ1v) is 10.1. The summed E-state index contributed by atoms with van der Waals surface area (Å²) >= 11 is 7.65. The van der Waals surface area contributed by atoms with Gasteiger partial charge in [0.05, 0.1) is 36.8 Å². The maximum atomic E-state index is 12.3. The molecule has 27 heavy (non-hydrogen) atoms. The molecule has 0 atom stereocenters. The number of fused-ring (bicyclic) bond motifs is 1. The predicted octanol–water partition coefficient (Wildman–Crippen LogP) is 2.82. The van der Waals surface area contributed by atoms with Gasteiger partial charge in [0.15, 0.2) is 0 Å². The van der Waals surface area contributed by atoms with E-state index in [1.165, 1.54) is 21.9 Å². The van der Waals surface area contributed by atoms with Gasteiger partial charge < -0.3 is 15.0 Å². The molecule has 2 aromatic heterocycles. The molecule has 0 bridgehead atoms. The maximum Gasteiger partial charge on any atom is 0.275 e. The van der Waals surface area contributed by atoms with Crippen molar-refractivity contribution in [2.45, 2.75) is 19.9 Å². The summed E-state index contributed by atoms with van der Waals surface area (Å²) < 4.78 is 6.81. The Morgan fingerprint density at radius 3 is 2.89 bits per heavy atom. The van der Waals surface area contributed by atoms with Gasteiger partial charge in [-0.1, -0.05) is 29.9 Å². The Morgan fingerprint density at radius 2 is 2.11 bits per heavy atom. The molecule has 1 aliphatic heterocycles. The van der Waals surface area contributed by atoms with E-state index in [9.17, 15) is 4.79 Å². The number of hydrogen-bond donors (Lipinski definition) is 1. The van der Waals surface area contributed by atoms with Crippen LogP contribution in [0.5, 0.6) is 0 Å². The highest BCUT2D eigenvalue weighted by Crippen LogP contribution is 2.30. The first-order chi connectivity index (χ1) is 13.1. The second kappa shape index (κ2) is 7.84. The SMILES string of the molecule is CCc1nn2c(=O)cc(CNc3cc(Cl)ccc3N3CCOCC3)nc2s1. The van der Waals surface area contributed by atoms with Crippen molar-refractivity contribution in [3.63, 3.8) is 0 Å². The van der Waals surface area contributed by atoms with E-state index < -0.39 is 0 Å². The molecule has 1 saturated heterocycles. The molecule has 1 aromatic carbocycles. The number of aromatic nitrogens is 3. The summed E-state index contributed by atoms with van der Waals surface area (Å²) in [6.45, 7) is 5.54. The number of ether oxygens (including phenoxy) is 1. The van der Waals surface area contributed by atoms with Crippen LogP contribution in [0.15, 0.2) is 29.1 Å². The minimum atomic E-state index is -0.160. The molecule has 0 spiro atoms. The van der Waals surface area contributed by atoms with E-state index in [0.29, 0.717) is 35.4 Å². The average molecular weight is 406 g/mol. The van der Waals surface area contributed by atoms with Crippen LogP contribution in [0.25, 0.3) is 4.96 Å². The van der Waals surface area contributed by atoms with E-state index in [4.69, 9.17) is 16.3 Å². The van der Waals surface area contributed by atoms with E-state index in [1.54, 1.807) is 0 Å². The molecule has 0 radical (unpaired) electrons. The molecule has 0 saturated carbocycles. The molecule has 7 nitrogen and oxygen atoms in total. The smallest absolute Gasteiger partial charge is 0.275 e. The lowest BCUT2D eigenvalue weighted by Gasteiger charge is -2.30. The van der Waals surface area contributed by atoms with Crippen molar-refractivity contribution in [2.75, 3.05) is 36.5 Å². The van der Waals surface area contributed by atoms with Gasteiger partial charge in [0.1, 0.15) is 5.01 Å². The maximum absolute atomic E-state index is 12.3. The van der Waals surface area contributed by atoms with Crippen molar-refractivity contribution in [1.82, 2.24) is 14.6 Å². The van der Waals surface area contributed by atoms with Crippen molar-refractivity contribution in [2.24, 2.45) is 0 Å². The lowest BCUT2D eigenvalue weighted by Crippen LogP contribution is -2.36. The highest BCUT2D eigenvalue weighted by atomic mass is 35.5. The number of aryl methyl sites for hydroxylation is 1. The van der Waals surface area contributed by atoms with E-state index in [1.807, 2.05) is 25.1 Å². The van der Waals surface area contributed by atoms with E-state index in [0.717, 1.165) is 35.9 Å². The van der Waals surface area contributed by atoms with Gasteiger partial charge in [-0.25, -0.2) is 4.98 Å². The largest absolute Gasteiger partial charge is 0.378 e. The molecule has 1 fully saturated rings. The summed E-state index contributed by atoms with van der Waals surface area (Å²) in [5, 5.41) is 9.23. The lowest BCUT2D eigenvalue weighted by atomic mass is 10.2. The molecular formula is C18H20ClN5O2S. The fourth-order valence-corrected chi connectivity index (χ4v) is 4.07. The summed E-state index contributed by atoms with van der Waals surface area (Å²) in [5.41, 5.74) is 2.52. The van der Waals surface area contributed by atoms with Crippen LogP contribution in [0.1, 0.15) is 17.6 Å². The Hall–Kier alpha value is -2.16. The number of anilines is 2. The van der Waals surface area contributed by atoms with Gasteiger partial charge in [-0.3, -0.25) is 4.79 Å². The van der Waals surface area contributed by atoms with Gasteiger partial charge in [0.25, 0.3) is 5.56 Å². The van der Waals surface area contributed by atoms with Crippen LogP contribution in [0.2, 0.25) is 5.02 Å². The fraction of sp³-hybridized carbons (Fsp3) is 0.389. The zero-order chi connectivity index (χ0) is 18.8. The van der Waals surface area contributed by atoms with E-state index in [-0.39, 0.29) is 5.56 Å². The van der Waals surface area contributed by atoms with Crippen LogP contribution in [0.3, 0.4) is 0 Å². The number of benzene rings is 1. The van der Waals surface area contributed by atoms with E-state index >= 15 is 0 Å². The van der Waals surface area contributed by atoms with Crippen molar-refractivity contribution < 1.29 is 4.74 Å². The number of nitrogens with one attached hydrogen (secondary N) is 1. The van der Waals surface area contributed by atoms with Crippen LogP contribution in [-0.4, -0.2) is 40.9 Å². The lowest BCUT2D eigenvalue weighted by molar-refractivity contribution is 0.123. The van der Waals surface area contributed by atoms with Gasteiger partial charge in [0.2, 0.25) is 4.96 Å². The van der Waals surface area contributed by atoms with Crippen LogP contribution in [-0.2, 0) is 17.7 Å². The van der Waals surface area contributed by atoms with Crippen molar-refractivity contribution in [3.8, 4) is 0 Å². The predicted molar refractivity (Wildman–Crippen MR) is 108 cm³/mol.